The van der Waals surface area contributed by atoms with Crippen LogP contribution in [0.4, 0.5) is 5.69 Å². The van der Waals surface area contributed by atoms with Crippen LogP contribution in [0.3, 0.4) is 0 Å². The van der Waals surface area contributed by atoms with Crippen LogP contribution in [0.2, 0.25) is 0 Å². The van der Waals surface area contributed by atoms with Crippen molar-refractivity contribution in [2.45, 2.75) is 19.9 Å². The topological polar surface area (TPSA) is 49.3 Å². The lowest BCUT2D eigenvalue weighted by Gasteiger charge is -2.18. The Hall–Kier alpha value is -1.56. The highest BCUT2D eigenvalue weighted by Gasteiger charge is 2.09. The number of carbonyl (C=O) groups is 1. The van der Waals surface area contributed by atoms with Crippen molar-refractivity contribution < 1.29 is 9.90 Å². The fraction of sp³-hybridized carbons (Fsp3) is 0.188. The van der Waals surface area contributed by atoms with Gasteiger partial charge in [-0.25, -0.2) is 4.79 Å². The summed E-state index contributed by atoms with van der Waals surface area (Å²) < 4.78 is 1.21. The molecule has 2 N–H and O–H groups in total. The monoisotopic (exact) mass is 381 g/mol. The smallest absolute Gasteiger partial charge is 0.335 e. The molecule has 0 aliphatic rings. The van der Waals surface area contributed by atoms with Gasteiger partial charge >= 0.3 is 5.97 Å². The highest BCUT2D eigenvalue weighted by Crippen LogP contribution is 2.23. The summed E-state index contributed by atoms with van der Waals surface area (Å²) in [6.45, 7) is 4.00. The molecule has 4 heteroatoms. The second-order valence-corrected chi connectivity index (χ2v) is 6.00. The highest BCUT2D eigenvalue weighted by atomic mass is 127. The van der Waals surface area contributed by atoms with E-state index in [0.29, 0.717) is 5.56 Å². The number of aromatic carboxylic acids is 1. The molecule has 20 heavy (non-hydrogen) atoms. The molecule has 0 radical (unpaired) electrons. The summed E-state index contributed by atoms with van der Waals surface area (Å²) in [5.41, 5.74) is 3.41. The van der Waals surface area contributed by atoms with E-state index in [4.69, 9.17) is 5.11 Å². The summed E-state index contributed by atoms with van der Waals surface area (Å²) in [7, 11) is 0. The number of nitrogens with one attached hydrogen (secondary N) is 1. The van der Waals surface area contributed by atoms with Crippen molar-refractivity contribution >= 4 is 34.2 Å². The molecule has 0 spiro atoms. The average Bonchev–Trinajstić information content (AvgIpc) is 2.41. The van der Waals surface area contributed by atoms with E-state index in [1.54, 1.807) is 12.1 Å². The predicted octanol–water partition coefficient (Wildman–Crippen LogP) is 4.47. The molecule has 1 unspecified atom stereocenters. The molecule has 0 amide bonds. The molecular weight excluding hydrogens is 365 g/mol. The van der Waals surface area contributed by atoms with Crippen LogP contribution in [0.25, 0.3) is 0 Å². The van der Waals surface area contributed by atoms with E-state index in [2.05, 4.69) is 59.1 Å². The van der Waals surface area contributed by atoms with Crippen LogP contribution < -0.4 is 5.32 Å². The zero-order valence-corrected chi connectivity index (χ0v) is 13.5. The average molecular weight is 381 g/mol. The van der Waals surface area contributed by atoms with Crippen molar-refractivity contribution in [3.05, 3.63) is 62.7 Å². The van der Waals surface area contributed by atoms with Crippen molar-refractivity contribution in [1.82, 2.24) is 0 Å². The van der Waals surface area contributed by atoms with E-state index in [1.165, 1.54) is 9.13 Å². The second-order valence-electron chi connectivity index (χ2n) is 4.75. The van der Waals surface area contributed by atoms with Gasteiger partial charge in [0, 0.05) is 15.3 Å². The normalized spacial score (nSPS) is 11.9. The number of hydrogen-bond donors (Lipinski definition) is 2. The Morgan fingerprint density at radius 1 is 1.20 bits per heavy atom. The summed E-state index contributed by atoms with van der Waals surface area (Å²) in [6, 6.07) is 13.6. The van der Waals surface area contributed by atoms with Gasteiger partial charge in [0.2, 0.25) is 0 Å². The number of halogens is 1. The quantitative estimate of drug-likeness (QED) is 0.769. The van der Waals surface area contributed by atoms with Crippen LogP contribution in [-0.2, 0) is 0 Å². The molecule has 0 saturated carbocycles. The maximum Gasteiger partial charge on any atom is 0.335 e. The summed E-state index contributed by atoms with van der Waals surface area (Å²) in [4.78, 5) is 10.9. The molecule has 2 rings (SSSR count). The van der Waals surface area contributed by atoms with Crippen LogP contribution in [-0.4, -0.2) is 11.1 Å². The lowest BCUT2D eigenvalue weighted by Crippen LogP contribution is -2.08. The molecule has 0 aliphatic carbocycles. The zero-order chi connectivity index (χ0) is 14.7. The Bertz CT molecular complexity index is 623. The number of anilines is 1. The van der Waals surface area contributed by atoms with E-state index >= 15 is 0 Å². The van der Waals surface area contributed by atoms with E-state index < -0.39 is 5.97 Å². The molecule has 2 aromatic carbocycles. The first kappa shape index (κ1) is 14.8. The van der Waals surface area contributed by atoms with Gasteiger partial charge in [0.15, 0.2) is 0 Å². The van der Waals surface area contributed by atoms with E-state index in [9.17, 15) is 4.79 Å². The fourth-order valence-electron chi connectivity index (χ4n) is 2.03. The first-order valence-electron chi connectivity index (χ1n) is 6.33. The SMILES string of the molecule is Cc1cc(C(=O)O)ccc1NC(C)c1ccc(I)cc1. The summed E-state index contributed by atoms with van der Waals surface area (Å²) in [5, 5.41) is 12.4. The van der Waals surface area contributed by atoms with Crippen molar-refractivity contribution in [2.75, 3.05) is 5.32 Å². The molecule has 0 heterocycles. The van der Waals surface area contributed by atoms with Crippen molar-refractivity contribution in [1.29, 1.82) is 0 Å². The van der Waals surface area contributed by atoms with Crippen LogP contribution in [0.15, 0.2) is 42.5 Å². The van der Waals surface area contributed by atoms with Gasteiger partial charge in [0.25, 0.3) is 0 Å². The van der Waals surface area contributed by atoms with E-state index in [-0.39, 0.29) is 6.04 Å². The molecule has 0 bridgehead atoms. The van der Waals surface area contributed by atoms with E-state index in [0.717, 1.165) is 11.3 Å². The number of benzene rings is 2. The second kappa shape index (κ2) is 6.26. The highest BCUT2D eigenvalue weighted by molar-refractivity contribution is 14.1. The predicted molar refractivity (Wildman–Crippen MR) is 89.3 cm³/mol. The third kappa shape index (κ3) is 3.50. The summed E-state index contributed by atoms with van der Waals surface area (Å²) in [6.07, 6.45) is 0. The van der Waals surface area contributed by atoms with Gasteiger partial charge in [-0.2, -0.15) is 0 Å². The van der Waals surface area contributed by atoms with Crippen LogP contribution in [0, 0.1) is 10.5 Å². The number of carboxylic acid groups (broad SMARTS) is 1. The van der Waals surface area contributed by atoms with Gasteiger partial charge < -0.3 is 10.4 Å². The Morgan fingerprint density at radius 2 is 1.85 bits per heavy atom. The van der Waals surface area contributed by atoms with Gasteiger partial charge in [0.1, 0.15) is 0 Å². The Morgan fingerprint density at radius 3 is 2.40 bits per heavy atom. The maximum atomic E-state index is 10.9. The van der Waals surface area contributed by atoms with Gasteiger partial charge in [-0.3, -0.25) is 0 Å². The van der Waals surface area contributed by atoms with Crippen LogP contribution >= 0.6 is 22.6 Å². The van der Waals surface area contributed by atoms with Gasteiger partial charge in [-0.15, -0.1) is 0 Å². The number of carboxylic acids is 1. The van der Waals surface area contributed by atoms with Crippen LogP contribution in [0.5, 0.6) is 0 Å². The van der Waals surface area contributed by atoms with Crippen molar-refractivity contribution in [2.24, 2.45) is 0 Å². The molecular formula is C16H16INO2. The Balaban J connectivity index is 2.17. The molecule has 0 aromatic heterocycles. The minimum Gasteiger partial charge on any atom is -0.478 e. The molecule has 0 aliphatic heterocycles. The Labute approximate surface area is 132 Å². The number of rotatable bonds is 4. The maximum absolute atomic E-state index is 10.9. The largest absolute Gasteiger partial charge is 0.478 e. The molecule has 1 atom stereocenters. The molecule has 0 saturated heterocycles. The first-order valence-corrected chi connectivity index (χ1v) is 7.41. The third-order valence-electron chi connectivity index (χ3n) is 3.22. The summed E-state index contributed by atoms with van der Waals surface area (Å²) in [5.74, 6) is -0.898. The number of hydrogen-bond acceptors (Lipinski definition) is 2. The molecule has 0 fully saturated rings. The fourth-order valence-corrected chi connectivity index (χ4v) is 2.39. The zero-order valence-electron chi connectivity index (χ0n) is 11.4. The van der Waals surface area contributed by atoms with Gasteiger partial charge in [-0.1, -0.05) is 12.1 Å². The van der Waals surface area contributed by atoms with Crippen molar-refractivity contribution in [3.63, 3.8) is 0 Å². The molecule has 3 nitrogen and oxygen atoms in total. The standard InChI is InChI=1S/C16H16INO2/c1-10-9-13(16(19)20)5-8-15(10)18-11(2)12-3-6-14(17)7-4-12/h3-9,11,18H,1-2H3,(H,19,20). The molecule has 104 valence electrons. The van der Waals surface area contributed by atoms with Crippen molar-refractivity contribution in [3.8, 4) is 0 Å². The van der Waals surface area contributed by atoms with Gasteiger partial charge in [0.05, 0.1) is 5.56 Å². The third-order valence-corrected chi connectivity index (χ3v) is 3.93. The van der Waals surface area contributed by atoms with Crippen LogP contribution in [0.1, 0.15) is 34.5 Å². The number of aryl methyl sites for hydroxylation is 1. The van der Waals surface area contributed by atoms with Gasteiger partial charge in [-0.05, 0) is 77.9 Å². The minimum atomic E-state index is -0.898. The first-order chi connectivity index (χ1) is 9.47. The van der Waals surface area contributed by atoms with E-state index in [1.807, 2.05) is 13.0 Å². The molecule has 2 aromatic rings. The lowest BCUT2D eigenvalue weighted by molar-refractivity contribution is 0.0697. The minimum absolute atomic E-state index is 0.168. The Kier molecular flexibility index (Phi) is 4.65. The summed E-state index contributed by atoms with van der Waals surface area (Å²) >= 11 is 2.28. The lowest BCUT2D eigenvalue weighted by atomic mass is 10.1.